The Bertz CT molecular complexity index is 1150. The molecule has 0 bridgehead atoms. The molecule has 1 aliphatic heterocycles. The maximum absolute atomic E-state index is 13.3. The van der Waals surface area contributed by atoms with Crippen LogP contribution in [0.5, 0.6) is 0 Å². The molecule has 2 aromatic carbocycles. The molecule has 1 aliphatic rings. The molecule has 4 rings (SSSR count). The highest BCUT2D eigenvalue weighted by atomic mass is 16.5. The van der Waals surface area contributed by atoms with Gasteiger partial charge < -0.3 is 19.9 Å². The van der Waals surface area contributed by atoms with Crippen molar-refractivity contribution in [2.75, 3.05) is 43.5 Å². The summed E-state index contributed by atoms with van der Waals surface area (Å²) in [6, 6.07) is 18.1. The van der Waals surface area contributed by atoms with Crippen molar-refractivity contribution in [1.82, 2.24) is 15.3 Å². The molecule has 0 saturated heterocycles. The lowest BCUT2D eigenvalue weighted by atomic mass is 10.1. The van der Waals surface area contributed by atoms with Crippen molar-refractivity contribution in [3.63, 3.8) is 0 Å². The van der Waals surface area contributed by atoms with Crippen LogP contribution in [0.4, 0.5) is 11.5 Å². The number of amides is 1. The molecule has 0 spiro atoms. The van der Waals surface area contributed by atoms with E-state index in [-0.39, 0.29) is 12.0 Å². The fraction of sp³-hybridized carbons (Fsp3) is 0.320. The van der Waals surface area contributed by atoms with Gasteiger partial charge in [-0.1, -0.05) is 42.5 Å². The van der Waals surface area contributed by atoms with Crippen LogP contribution in [0.2, 0.25) is 0 Å². The number of H-pyrrole nitrogens is 1. The molecule has 1 atom stereocenters. The van der Waals surface area contributed by atoms with Crippen LogP contribution in [0.15, 0.2) is 65.6 Å². The molecule has 0 saturated carbocycles. The van der Waals surface area contributed by atoms with E-state index in [0.717, 1.165) is 29.8 Å². The predicted molar refractivity (Wildman–Crippen MR) is 129 cm³/mol. The first-order valence-corrected chi connectivity index (χ1v) is 11.1. The van der Waals surface area contributed by atoms with Crippen molar-refractivity contribution in [2.24, 2.45) is 0 Å². The van der Waals surface area contributed by atoms with Gasteiger partial charge in [-0.2, -0.15) is 0 Å². The van der Waals surface area contributed by atoms with E-state index in [2.05, 4.69) is 27.4 Å². The molecule has 1 amide bonds. The normalized spacial score (nSPS) is 14.7. The number of likely N-dealkylation sites (N-methyl/N-ethyl adjacent to an activating group) is 1. The Morgan fingerprint density at radius 1 is 1.12 bits per heavy atom. The highest BCUT2D eigenvalue weighted by molar-refractivity contribution is 6.09. The van der Waals surface area contributed by atoms with Crippen LogP contribution in [0.25, 0.3) is 0 Å². The molecule has 8 heteroatoms. The van der Waals surface area contributed by atoms with Crippen molar-refractivity contribution >= 4 is 17.4 Å². The van der Waals surface area contributed by atoms with Gasteiger partial charge in [0.25, 0.3) is 5.91 Å². The summed E-state index contributed by atoms with van der Waals surface area (Å²) < 4.78 is 6.30. The first-order chi connectivity index (χ1) is 16.1. The molecule has 0 aliphatic carbocycles. The number of carbonyl (C=O) groups excluding carboxylic acids is 1. The molecule has 8 nitrogen and oxygen atoms in total. The molecule has 2 N–H and O–H groups in total. The van der Waals surface area contributed by atoms with Crippen molar-refractivity contribution < 1.29 is 9.53 Å². The van der Waals surface area contributed by atoms with Gasteiger partial charge in [0.05, 0.1) is 18.3 Å². The quantitative estimate of drug-likeness (QED) is 0.552. The van der Waals surface area contributed by atoms with Crippen molar-refractivity contribution in [1.29, 1.82) is 0 Å². The maximum atomic E-state index is 13.3. The fourth-order valence-corrected chi connectivity index (χ4v) is 4.00. The lowest BCUT2D eigenvalue weighted by molar-refractivity contribution is 0.0344. The Hall–Kier alpha value is -3.49. The average Bonchev–Trinajstić information content (AvgIpc) is 2.96. The lowest BCUT2D eigenvalue weighted by Gasteiger charge is -2.22. The topological polar surface area (TPSA) is 90.6 Å². The predicted octanol–water partition coefficient (Wildman–Crippen LogP) is 2.73. The summed E-state index contributed by atoms with van der Waals surface area (Å²) in [6.45, 7) is 2.36. The lowest BCUT2D eigenvalue weighted by Crippen LogP contribution is -2.33. The number of aromatic nitrogens is 2. The molecular formula is C25H29N5O3. The Labute approximate surface area is 193 Å². The number of nitrogens with one attached hydrogen (secondary N) is 2. The number of benzene rings is 2. The molecule has 1 aromatic heterocycles. The number of carbonyl (C=O) groups is 1. The van der Waals surface area contributed by atoms with Gasteiger partial charge in [0, 0.05) is 32.0 Å². The fourth-order valence-electron chi connectivity index (χ4n) is 4.00. The van der Waals surface area contributed by atoms with Gasteiger partial charge in [0.1, 0.15) is 5.82 Å². The van der Waals surface area contributed by atoms with Gasteiger partial charge in [-0.05, 0) is 43.3 Å². The Morgan fingerprint density at radius 3 is 2.73 bits per heavy atom. The molecule has 0 fully saturated rings. The van der Waals surface area contributed by atoms with Gasteiger partial charge in [0.15, 0.2) is 0 Å². The molecule has 33 heavy (non-hydrogen) atoms. The summed E-state index contributed by atoms with van der Waals surface area (Å²) in [4.78, 5) is 35.0. The van der Waals surface area contributed by atoms with Crippen LogP contribution in [0.1, 0.15) is 34.0 Å². The van der Waals surface area contributed by atoms with Crippen LogP contribution in [0.3, 0.4) is 0 Å². The second-order valence-corrected chi connectivity index (χ2v) is 8.10. The summed E-state index contributed by atoms with van der Waals surface area (Å²) in [5, 5.41) is 3.19. The molecule has 172 valence electrons. The van der Waals surface area contributed by atoms with E-state index in [1.54, 1.807) is 4.90 Å². The number of anilines is 2. The number of aromatic amines is 1. The number of ether oxygens (including phenoxy) is 1. The van der Waals surface area contributed by atoms with Crippen LogP contribution in [0, 0.1) is 0 Å². The Morgan fingerprint density at radius 2 is 1.94 bits per heavy atom. The third-order valence-corrected chi connectivity index (χ3v) is 5.81. The van der Waals surface area contributed by atoms with Gasteiger partial charge in [-0.25, -0.2) is 9.78 Å². The number of fused-ring (bicyclic) bond motifs is 1. The molecular weight excluding hydrogens is 418 g/mol. The van der Waals surface area contributed by atoms with Crippen molar-refractivity contribution in [2.45, 2.75) is 19.1 Å². The molecule has 3 aromatic rings. The third kappa shape index (κ3) is 5.30. The first-order valence-electron chi connectivity index (χ1n) is 11.1. The SMILES string of the molecule is CNCC[C@@H](OCc1cccc(N2CCN(C)c3[nH]c(=O)ncc3C2=O)c1)c1ccccc1. The summed E-state index contributed by atoms with van der Waals surface area (Å²) >= 11 is 0. The monoisotopic (exact) mass is 447 g/mol. The highest BCUT2D eigenvalue weighted by Crippen LogP contribution is 2.27. The molecule has 2 heterocycles. The van der Waals surface area contributed by atoms with Crippen LogP contribution in [-0.2, 0) is 11.3 Å². The van der Waals surface area contributed by atoms with E-state index in [0.29, 0.717) is 31.1 Å². The summed E-state index contributed by atoms with van der Waals surface area (Å²) in [5.41, 5.74) is 2.84. The summed E-state index contributed by atoms with van der Waals surface area (Å²) in [7, 11) is 3.79. The summed E-state index contributed by atoms with van der Waals surface area (Å²) in [6.07, 6.45) is 2.19. The van der Waals surface area contributed by atoms with Gasteiger partial charge in [-0.15, -0.1) is 0 Å². The van der Waals surface area contributed by atoms with E-state index in [4.69, 9.17) is 4.74 Å². The second kappa shape index (κ2) is 10.4. The first kappa shape index (κ1) is 22.7. The number of nitrogens with zero attached hydrogens (tertiary/aromatic N) is 3. The minimum Gasteiger partial charge on any atom is -0.369 e. The zero-order valence-corrected chi connectivity index (χ0v) is 19.0. The third-order valence-electron chi connectivity index (χ3n) is 5.81. The van der Waals surface area contributed by atoms with Crippen LogP contribution < -0.4 is 20.8 Å². The standard InChI is InChI=1S/C25H29N5O3/c1-26-12-11-22(19-8-4-3-5-9-19)33-17-18-7-6-10-20(15-18)30-14-13-29(2)23-21(24(30)31)16-27-25(32)28-23/h3-10,15-16,22,26H,11-14,17H2,1-2H3,(H,27,28,32)/t22-/m1/s1. The van der Waals surface area contributed by atoms with E-state index >= 15 is 0 Å². The minimum atomic E-state index is -0.466. The van der Waals surface area contributed by atoms with Crippen LogP contribution >= 0.6 is 0 Å². The Kier molecular flexibility index (Phi) is 7.16. The molecule has 0 unspecified atom stereocenters. The summed E-state index contributed by atoms with van der Waals surface area (Å²) in [5.74, 6) is 0.310. The number of hydrogen-bond acceptors (Lipinski definition) is 6. The minimum absolute atomic E-state index is 0.0226. The van der Waals surface area contributed by atoms with Crippen molar-refractivity contribution in [3.8, 4) is 0 Å². The van der Waals surface area contributed by atoms with E-state index in [1.165, 1.54) is 6.20 Å². The average molecular weight is 448 g/mol. The van der Waals surface area contributed by atoms with E-state index in [9.17, 15) is 9.59 Å². The zero-order chi connectivity index (χ0) is 23.2. The van der Waals surface area contributed by atoms with Gasteiger partial charge in [0.2, 0.25) is 0 Å². The van der Waals surface area contributed by atoms with Crippen LogP contribution in [-0.4, -0.2) is 49.6 Å². The Balaban J connectivity index is 1.53. The number of hydrogen-bond donors (Lipinski definition) is 2. The smallest absolute Gasteiger partial charge is 0.346 e. The van der Waals surface area contributed by atoms with E-state index in [1.807, 2.05) is 61.5 Å². The van der Waals surface area contributed by atoms with Crippen molar-refractivity contribution in [3.05, 3.63) is 88.0 Å². The highest BCUT2D eigenvalue weighted by Gasteiger charge is 2.27. The van der Waals surface area contributed by atoms with Gasteiger partial charge in [-0.3, -0.25) is 9.78 Å². The number of rotatable bonds is 8. The maximum Gasteiger partial charge on any atom is 0.346 e. The second-order valence-electron chi connectivity index (χ2n) is 8.10. The van der Waals surface area contributed by atoms with E-state index < -0.39 is 5.69 Å². The van der Waals surface area contributed by atoms with Gasteiger partial charge >= 0.3 is 5.69 Å². The zero-order valence-electron chi connectivity index (χ0n) is 19.0. The largest absolute Gasteiger partial charge is 0.369 e. The molecule has 0 radical (unpaired) electrons.